The number of amides is 1. The highest BCUT2D eigenvalue weighted by atomic mass is 16.5. The van der Waals surface area contributed by atoms with E-state index < -0.39 is 0 Å². The zero-order chi connectivity index (χ0) is 13.1. The number of methoxy groups -OCH3 is 1. The average molecular weight is 247 g/mol. The molecule has 18 heavy (non-hydrogen) atoms. The van der Waals surface area contributed by atoms with Gasteiger partial charge in [0.1, 0.15) is 12.1 Å². The molecule has 1 heterocycles. The minimum atomic E-state index is -0.322. The number of hydrogen-bond donors (Lipinski definition) is 2. The van der Waals surface area contributed by atoms with Gasteiger partial charge in [0.2, 0.25) is 5.95 Å². The highest BCUT2D eigenvalue weighted by Gasteiger charge is 2.11. The van der Waals surface area contributed by atoms with Gasteiger partial charge >= 0.3 is 0 Å². The Balaban J connectivity index is 2.24. The van der Waals surface area contributed by atoms with Crippen LogP contribution < -0.4 is 15.8 Å². The van der Waals surface area contributed by atoms with Crippen molar-refractivity contribution in [2.24, 2.45) is 7.05 Å². The minimum Gasteiger partial charge on any atom is -0.497 e. The van der Waals surface area contributed by atoms with Crippen LogP contribution in [0.5, 0.6) is 5.75 Å². The van der Waals surface area contributed by atoms with E-state index in [9.17, 15) is 4.79 Å². The topological polar surface area (TPSA) is 95.1 Å². The first-order chi connectivity index (χ1) is 8.60. The van der Waals surface area contributed by atoms with Gasteiger partial charge in [0.15, 0.2) is 0 Å². The first-order valence-electron chi connectivity index (χ1n) is 5.20. The Labute approximate surface area is 104 Å². The summed E-state index contributed by atoms with van der Waals surface area (Å²) < 4.78 is 6.51. The Hall–Kier alpha value is -2.57. The summed E-state index contributed by atoms with van der Waals surface area (Å²) in [5.41, 5.74) is 6.54. The number of hydrogen-bond acceptors (Lipinski definition) is 5. The van der Waals surface area contributed by atoms with E-state index >= 15 is 0 Å². The second-order valence-corrected chi connectivity index (χ2v) is 3.66. The quantitative estimate of drug-likeness (QED) is 0.777. The van der Waals surface area contributed by atoms with Gasteiger partial charge in [0, 0.05) is 24.4 Å². The standard InChI is InChI=1S/C11H13N5O2/c1-16-11(13-6-14-16)15-10(17)7-3-8(12)5-9(4-7)18-2/h3-6H,12H2,1-2H3,(H,13,14,15,17). The van der Waals surface area contributed by atoms with Gasteiger partial charge in [-0.1, -0.05) is 0 Å². The molecule has 7 heteroatoms. The molecule has 0 aliphatic carbocycles. The van der Waals surface area contributed by atoms with E-state index in [0.717, 1.165) is 0 Å². The van der Waals surface area contributed by atoms with Crippen molar-refractivity contribution < 1.29 is 9.53 Å². The third-order valence-corrected chi connectivity index (χ3v) is 2.36. The molecule has 0 unspecified atom stereocenters. The number of nitrogens with two attached hydrogens (primary N) is 1. The second-order valence-electron chi connectivity index (χ2n) is 3.66. The van der Waals surface area contributed by atoms with E-state index in [1.54, 1.807) is 25.2 Å². The zero-order valence-corrected chi connectivity index (χ0v) is 10.0. The van der Waals surface area contributed by atoms with Crippen molar-refractivity contribution in [3.8, 4) is 5.75 Å². The summed E-state index contributed by atoms with van der Waals surface area (Å²) in [5, 5.41) is 6.48. The summed E-state index contributed by atoms with van der Waals surface area (Å²) in [5.74, 6) is 0.566. The predicted molar refractivity (Wildman–Crippen MR) is 66.4 cm³/mol. The number of nitrogens with one attached hydrogen (secondary N) is 1. The number of carbonyl (C=O) groups excluding carboxylic acids is 1. The molecular weight excluding hydrogens is 234 g/mol. The van der Waals surface area contributed by atoms with E-state index in [1.165, 1.54) is 18.1 Å². The highest BCUT2D eigenvalue weighted by molar-refractivity contribution is 6.04. The summed E-state index contributed by atoms with van der Waals surface area (Å²) >= 11 is 0. The number of nitrogens with zero attached hydrogens (tertiary/aromatic N) is 3. The maximum atomic E-state index is 12.0. The van der Waals surface area contributed by atoms with Crippen molar-refractivity contribution in [3.63, 3.8) is 0 Å². The van der Waals surface area contributed by atoms with Gasteiger partial charge in [0.05, 0.1) is 7.11 Å². The third-order valence-electron chi connectivity index (χ3n) is 2.36. The molecule has 1 aromatic heterocycles. The van der Waals surface area contributed by atoms with Crippen molar-refractivity contribution in [2.45, 2.75) is 0 Å². The molecule has 0 aliphatic heterocycles. The van der Waals surface area contributed by atoms with Gasteiger partial charge in [0.25, 0.3) is 5.91 Å². The molecule has 0 saturated carbocycles. The normalized spacial score (nSPS) is 10.1. The van der Waals surface area contributed by atoms with Crippen LogP contribution in [-0.4, -0.2) is 27.8 Å². The van der Waals surface area contributed by atoms with E-state index in [-0.39, 0.29) is 5.91 Å². The molecule has 3 N–H and O–H groups in total. The summed E-state index contributed by atoms with van der Waals surface area (Å²) in [6.45, 7) is 0. The van der Waals surface area contributed by atoms with Crippen molar-refractivity contribution in [2.75, 3.05) is 18.2 Å². The van der Waals surface area contributed by atoms with Crippen molar-refractivity contribution >= 4 is 17.5 Å². The van der Waals surface area contributed by atoms with E-state index in [1.807, 2.05) is 0 Å². The highest BCUT2D eigenvalue weighted by Crippen LogP contribution is 2.19. The van der Waals surface area contributed by atoms with E-state index in [4.69, 9.17) is 10.5 Å². The molecule has 0 bridgehead atoms. The minimum absolute atomic E-state index is 0.322. The number of rotatable bonds is 3. The third kappa shape index (κ3) is 2.40. The molecule has 0 fully saturated rings. The first kappa shape index (κ1) is 11.9. The molecule has 0 radical (unpaired) electrons. The Morgan fingerprint density at radius 3 is 2.83 bits per heavy atom. The molecule has 2 rings (SSSR count). The zero-order valence-electron chi connectivity index (χ0n) is 10.0. The number of benzene rings is 1. The van der Waals surface area contributed by atoms with Crippen LogP contribution in [0.2, 0.25) is 0 Å². The Morgan fingerprint density at radius 1 is 1.44 bits per heavy atom. The summed E-state index contributed by atoms with van der Waals surface area (Å²) in [7, 11) is 3.20. The molecule has 7 nitrogen and oxygen atoms in total. The van der Waals surface area contributed by atoms with Crippen LogP contribution in [0.3, 0.4) is 0 Å². The number of aromatic nitrogens is 3. The van der Waals surface area contributed by atoms with Gasteiger partial charge in [-0.3, -0.25) is 10.1 Å². The first-order valence-corrected chi connectivity index (χ1v) is 5.20. The van der Waals surface area contributed by atoms with E-state index in [2.05, 4.69) is 15.4 Å². The maximum absolute atomic E-state index is 12.0. The van der Waals surface area contributed by atoms with Gasteiger partial charge in [-0.2, -0.15) is 10.1 Å². The van der Waals surface area contributed by atoms with Gasteiger partial charge in [-0.25, -0.2) is 4.68 Å². The van der Waals surface area contributed by atoms with Crippen LogP contribution in [0.25, 0.3) is 0 Å². The van der Waals surface area contributed by atoms with Crippen LogP contribution in [0.15, 0.2) is 24.5 Å². The lowest BCUT2D eigenvalue weighted by molar-refractivity contribution is 0.102. The number of nitrogen functional groups attached to an aromatic ring is 1. The Bertz CT molecular complexity index is 579. The number of ether oxygens (including phenoxy) is 1. The van der Waals surface area contributed by atoms with Crippen LogP contribution in [0.1, 0.15) is 10.4 Å². The summed E-state index contributed by atoms with van der Waals surface area (Å²) in [6, 6.07) is 4.80. The number of carbonyl (C=O) groups is 1. The lowest BCUT2D eigenvalue weighted by atomic mass is 10.2. The maximum Gasteiger partial charge on any atom is 0.258 e. The lowest BCUT2D eigenvalue weighted by Gasteiger charge is -2.07. The smallest absolute Gasteiger partial charge is 0.258 e. The molecule has 1 aromatic carbocycles. The fourth-order valence-corrected chi connectivity index (χ4v) is 1.45. The Kier molecular flexibility index (Phi) is 3.13. The van der Waals surface area contributed by atoms with Crippen LogP contribution >= 0.6 is 0 Å². The second kappa shape index (κ2) is 4.74. The number of anilines is 2. The van der Waals surface area contributed by atoms with Crippen molar-refractivity contribution in [1.82, 2.24) is 14.8 Å². The molecule has 0 saturated heterocycles. The SMILES string of the molecule is COc1cc(N)cc(C(=O)Nc2ncnn2C)c1. The fourth-order valence-electron chi connectivity index (χ4n) is 1.45. The predicted octanol–water partition coefficient (Wildman–Crippen LogP) is 0.658. The number of aryl methyl sites for hydroxylation is 1. The molecular formula is C11H13N5O2. The molecule has 1 amide bonds. The lowest BCUT2D eigenvalue weighted by Crippen LogP contribution is -2.15. The molecule has 0 spiro atoms. The van der Waals surface area contributed by atoms with Crippen molar-refractivity contribution in [3.05, 3.63) is 30.1 Å². The molecule has 2 aromatic rings. The van der Waals surface area contributed by atoms with Gasteiger partial charge in [-0.15, -0.1) is 0 Å². The Morgan fingerprint density at radius 2 is 2.22 bits per heavy atom. The summed E-state index contributed by atoms with van der Waals surface area (Å²) in [4.78, 5) is 15.9. The summed E-state index contributed by atoms with van der Waals surface area (Å²) in [6.07, 6.45) is 1.36. The monoisotopic (exact) mass is 247 g/mol. The van der Waals surface area contributed by atoms with Gasteiger partial charge in [-0.05, 0) is 12.1 Å². The molecule has 0 aliphatic rings. The van der Waals surface area contributed by atoms with Crippen molar-refractivity contribution in [1.29, 1.82) is 0 Å². The van der Waals surface area contributed by atoms with Crippen LogP contribution in [0, 0.1) is 0 Å². The van der Waals surface area contributed by atoms with E-state index in [0.29, 0.717) is 22.9 Å². The fraction of sp³-hybridized carbons (Fsp3) is 0.182. The molecule has 94 valence electrons. The largest absolute Gasteiger partial charge is 0.497 e. The van der Waals surface area contributed by atoms with Crippen LogP contribution in [0.4, 0.5) is 11.6 Å². The average Bonchev–Trinajstić information content (AvgIpc) is 2.74. The van der Waals surface area contributed by atoms with Gasteiger partial charge < -0.3 is 10.5 Å². The molecule has 0 atom stereocenters. The van der Waals surface area contributed by atoms with Crippen LogP contribution in [-0.2, 0) is 7.05 Å².